The molecule has 3 nitrogen and oxygen atoms in total. The van der Waals surface area contributed by atoms with Gasteiger partial charge in [-0.1, -0.05) is 13.3 Å². The Morgan fingerprint density at radius 2 is 2.13 bits per heavy atom. The summed E-state index contributed by atoms with van der Waals surface area (Å²) in [5.74, 6) is 0.251. The van der Waals surface area contributed by atoms with Crippen molar-refractivity contribution in [3.63, 3.8) is 0 Å². The number of carbonyl (C=O) groups is 1. The minimum Gasteiger partial charge on any atom is -0.339 e. The molecule has 15 heavy (non-hydrogen) atoms. The number of nitrogens with one attached hydrogen (secondary N) is 1. The van der Waals surface area contributed by atoms with E-state index in [1.54, 1.807) is 0 Å². The highest BCUT2D eigenvalue weighted by Gasteiger charge is 2.31. The summed E-state index contributed by atoms with van der Waals surface area (Å²) in [7, 11) is 1.92. The molecular formula is C12H24N2O. The van der Waals surface area contributed by atoms with E-state index in [1.165, 1.54) is 12.8 Å². The summed E-state index contributed by atoms with van der Waals surface area (Å²) in [6.07, 6.45) is 4.35. The molecule has 1 atom stereocenters. The Labute approximate surface area is 93.2 Å². The van der Waals surface area contributed by atoms with Gasteiger partial charge in [-0.05, 0) is 39.7 Å². The van der Waals surface area contributed by atoms with Crippen LogP contribution in [-0.4, -0.2) is 36.0 Å². The second kappa shape index (κ2) is 4.97. The lowest BCUT2D eigenvalue weighted by atomic mass is 9.97. The Bertz CT molecular complexity index is 220. The third-order valence-corrected chi connectivity index (χ3v) is 3.71. The van der Waals surface area contributed by atoms with Crippen molar-refractivity contribution in [2.24, 2.45) is 0 Å². The lowest BCUT2D eigenvalue weighted by molar-refractivity contribution is -0.137. The van der Waals surface area contributed by atoms with Crippen molar-refractivity contribution < 1.29 is 4.79 Å². The van der Waals surface area contributed by atoms with Gasteiger partial charge in [-0.15, -0.1) is 0 Å². The number of likely N-dealkylation sites (N-methyl/N-ethyl adjacent to an activating group) is 1. The van der Waals surface area contributed by atoms with E-state index in [9.17, 15) is 4.79 Å². The van der Waals surface area contributed by atoms with Gasteiger partial charge in [0.2, 0.25) is 5.91 Å². The predicted octanol–water partition coefficient (Wildman–Crippen LogP) is 1.78. The van der Waals surface area contributed by atoms with Crippen LogP contribution in [0.2, 0.25) is 0 Å². The molecule has 1 fully saturated rings. The zero-order valence-corrected chi connectivity index (χ0v) is 10.5. The molecule has 0 unspecified atom stereocenters. The van der Waals surface area contributed by atoms with Gasteiger partial charge in [-0.25, -0.2) is 0 Å². The third-order valence-electron chi connectivity index (χ3n) is 3.71. The lowest BCUT2D eigenvalue weighted by Crippen LogP contribution is -2.53. The molecule has 88 valence electrons. The van der Waals surface area contributed by atoms with Crippen LogP contribution in [0.3, 0.4) is 0 Å². The van der Waals surface area contributed by atoms with Gasteiger partial charge in [0.15, 0.2) is 0 Å². The van der Waals surface area contributed by atoms with Crippen molar-refractivity contribution in [1.29, 1.82) is 0 Å². The topological polar surface area (TPSA) is 32.3 Å². The summed E-state index contributed by atoms with van der Waals surface area (Å²) < 4.78 is 0. The fourth-order valence-electron chi connectivity index (χ4n) is 1.83. The van der Waals surface area contributed by atoms with Crippen LogP contribution in [-0.2, 0) is 4.79 Å². The Morgan fingerprint density at radius 3 is 2.60 bits per heavy atom. The second-order valence-electron chi connectivity index (χ2n) is 5.07. The average Bonchev–Trinajstić information content (AvgIpc) is 2.28. The first kappa shape index (κ1) is 12.5. The summed E-state index contributed by atoms with van der Waals surface area (Å²) in [5, 5.41) is 3.30. The molecule has 1 aliphatic heterocycles. The van der Waals surface area contributed by atoms with Gasteiger partial charge in [-0.2, -0.15) is 0 Å². The second-order valence-corrected chi connectivity index (χ2v) is 5.07. The fourth-order valence-corrected chi connectivity index (χ4v) is 1.83. The zero-order valence-electron chi connectivity index (χ0n) is 10.5. The third kappa shape index (κ3) is 2.94. The van der Waals surface area contributed by atoms with E-state index >= 15 is 0 Å². The van der Waals surface area contributed by atoms with E-state index in [-0.39, 0.29) is 17.5 Å². The molecule has 0 aromatic rings. The van der Waals surface area contributed by atoms with Crippen LogP contribution in [0.5, 0.6) is 0 Å². The Balaban J connectivity index is 2.58. The molecule has 0 aliphatic carbocycles. The minimum absolute atomic E-state index is 0.0315. The van der Waals surface area contributed by atoms with Gasteiger partial charge in [0.05, 0.1) is 6.04 Å². The van der Waals surface area contributed by atoms with E-state index < -0.39 is 0 Å². The summed E-state index contributed by atoms with van der Waals surface area (Å²) >= 11 is 0. The largest absolute Gasteiger partial charge is 0.339 e. The summed E-state index contributed by atoms with van der Waals surface area (Å²) in [4.78, 5) is 14.1. The van der Waals surface area contributed by atoms with Crippen LogP contribution in [0.1, 0.15) is 46.5 Å². The normalized spacial score (nSPS) is 22.5. The van der Waals surface area contributed by atoms with Gasteiger partial charge >= 0.3 is 0 Å². The first-order valence-corrected chi connectivity index (χ1v) is 6.00. The molecule has 0 saturated carbocycles. The Morgan fingerprint density at radius 1 is 1.47 bits per heavy atom. The van der Waals surface area contributed by atoms with Crippen LogP contribution in [0, 0.1) is 0 Å². The van der Waals surface area contributed by atoms with Gasteiger partial charge in [0.1, 0.15) is 0 Å². The molecule has 0 aromatic carbocycles. The van der Waals surface area contributed by atoms with Gasteiger partial charge < -0.3 is 10.2 Å². The molecule has 1 N–H and O–H groups in total. The van der Waals surface area contributed by atoms with E-state index in [4.69, 9.17) is 0 Å². The molecular weight excluding hydrogens is 188 g/mol. The first-order valence-electron chi connectivity index (χ1n) is 6.00. The van der Waals surface area contributed by atoms with Crippen LogP contribution in [0.15, 0.2) is 0 Å². The van der Waals surface area contributed by atoms with E-state index in [0.29, 0.717) is 0 Å². The zero-order chi connectivity index (χ0) is 11.5. The maximum absolute atomic E-state index is 12.2. The van der Waals surface area contributed by atoms with Crippen molar-refractivity contribution in [1.82, 2.24) is 10.2 Å². The Kier molecular flexibility index (Phi) is 4.14. The van der Waals surface area contributed by atoms with Crippen molar-refractivity contribution in [2.75, 3.05) is 13.6 Å². The average molecular weight is 212 g/mol. The molecule has 0 radical (unpaired) electrons. The predicted molar refractivity (Wildman–Crippen MR) is 62.8 cm³/mol. The van der Waals surface area contributed by atoms with E-state index in [2.05, 4.69) is 26.1 Å². The number of carbonyl (C=O) groups excluding carboxylic acids is 1. The molecule has 1 saturated heterocycles. The Hall–Kier alpha value is -0.570. The molecule has 0 aromatic heterocycles. The SMILES string of the molecule is CCC(C)(C)N(C)C(=O)[C@H]1CCCCN1. The number of amides is 1. The van der Waals surface area contributed by atoms with Crippen molar-refractivity contribution in [2.45, 2.75) is 58.0 Å². The maximum atomic E-state index is 12.2. The van der Waals surface area contributed by atoms with Crippen molar-refractivity contribution in [3.8, 4) is 0 Å². The van der Waals surface area contributed by atoms with E-state index in [0.717, 1.165) is 19.4 Å². The monoisotopic (exact) mass is 212 g/mol. The molecule has 1 amide bonds. The summed E-state index contributed by atoms with van der Waals surface area (Å²) in [6, 6.07) is 0.0505. The number of nitrogens with zero attached hydrogens (tertiary/aromatic N) is 1. The summed E-state index contributed by atoms with van der Waals surface area (Å²) in [5.41, 5.74) is -0.0315. The standard InChI is InChI=1S/C12H24N2O/c1-5-12(2,3)14(4)11(15)10-8-6-7-9-13-10/h10,13H,5-9H2,1-4H3/t10-/m1/s1. The number of hydrogen-bond acceptors (Lipinski definition) is 2. The van der Waals surface area contributed by atoms with Crippen LogP contribution < -0.4 is 5.32 Å². The fraction of sp³-hybridized carbons (Fsp3) is 0.917. The summed E-state index contributed by atoms with van der Waals surface area (Å²) in [6.45, 7) is 7.34. The van der Waals surface area contributed by atoms with Crippen LogP contribution in [0.4, 0.5) is 0 Å². The number of piperidine rings is 1. The molecule has 1 heterocycles. The minimum atomic E-state index is -0.0315. The molecule has 3 heteroatoms. The number of rotatable bonds is 3. The van der Waals surface area contributed by atoms with Gasteiger partial charge in [0.25, 0.3) is 0 Å². The quantitative estimate of drug-likeness (QED) is 0.773. The van der Waals surface area contributed by atoms with E-state index in [1.807, 2.05) is 11.9 Å². The van der Waals surface area contributed by atoms with Gasteiger partial charge in [0, 0.05) is 12.6 Å². The molecule has 1 aliphatic rings. The molecule has 1 rings (SSSR count). The highest BCUT2D eigenvalue weighted by atomic mass is 16.2. The maximum Gasteiger partial charge on any atom is 0.239 e. The van der Waals surface area contributed by atoms with Crippen molar-refractivity contribution >= 4 is 5.91 Å². The smallest absolute Gasteiger partial charge is 0.239 e. The first-order chi connectivity index (χ1) is 6.99. The van der Waals surface area contributed by atoms with Gasteiger partial charge in [-0.3, -0.25) is 4.79 Å². The van der Waals surface area contributed by atoms with Crippen molar-refractivity contribution in [3.05, 3.63) is 0 Å². The highest BCUT2D eigenvalue weighted by Crippen LogP contribution is 2.19. The lowest BCUT2D eigenvalue weighted by Gasteiger charge is -2.38. The van der Waals surface area contributed by atoms with Crippen LogP contribution in [0.25, 0.3) is 0 Å². The number of hydrogen-bond donors (Lipinski definition) is 1. The molecule has 0 spiro atoms. The highest BCUT2D eigenvalue weighted by molar-refractivity contribution is 5.82. The van der Waals surface area contributed by atoms with Crippen LogP contribution >= 0.6 is 0 Å². The molecule has 0 bridgehead atoms.